The van der Waals surface area contributed by atoms with Gasteiger partial charge in [-0.1, -0.05) is 15.9 Å². The zero-order valence-corrected chi connectivity index (χ0v) is 10.9. The lowest BCUT2D eigenvalue weighted by atomic mass is 10.2. The standard InChI is InChI=1S/C12H14BrNO3/c13-8-3-4-11(14)10(6-8)12(15)17-7-9-2-1-5-16-9/h3-4,6,9H,1-2,5,7,14H2. The summed E-state index contributed by atoms with van der Waals surface area (Å²) in [5.74, 6) is -0.403. The zero-order valence-electron chi connectivity index (χ0n) is 9.32. The fourth-order valence-electron chi connectivity index (χ4n) is 1.73. The molecule has 0 saturated carbocycles. The van der Waals surface area contributed by atoms with E-state index < -0.39 is 5.97 Å². The van der Waals surface area contributed by atoms with Gasteiger partial charge in [-0.15, -0.1) is 0 Å². The van der Waals surface area contributed by atoms with Crippen molar-refractivity contribution in [1.82, 2.24) is 0 Å². The summed E-state index contributed by atoms with van der Waals surface area (Å²) in [6.45, 7) is 1.05. The van der Waals surface area contributed by atoms with E-state index in [0.717, 1.165) is 23.9 Å². The van der Waals surface area contributed by atoms with Crippen molar-refractivity contribution in [2.24, 2.45) is 0 Å². The first-order valence-corrected chi connectivity index (χ1v) is 6.30. The van der Waals surface area contributed by atoms with Crippen molar-refractivity contribution >= 4 is 27.6 Å². The summed E-state index contributed by atoms with van der Waals surface area (Å²) < 4.78 is 11.4. The number of rotatable bonds is 3. The zero-order chi connectivity index (χ0) is 12.3. The fraction of sp³-hybridized carbons (Fsp3) is 0.417. The predicted molar refractivity (Wildman–Crippen MR) is 67.8 cm³/mol. The van der Waals surface area contributed by atoms with E-state index in [4.69, 9.17) is 15.2 Å². The van der Waals surface area contributed by atoms with Crippen molar-refractivity contribution < 1.29 is 14.3 Å². The number of hydrogen-bond donors (Lipinski definition) is 1. The van der Waals surface area contributed by atoms with Crippen LogP contribution in [0.5, 0.6) is 0 Å². The van der Waals surface area contributed by atoms with Crippen LogP contribution in [0, 0.1) is 0 Å². The van der Waals surface area contributed by atoms with Crippen LogP contribution in [0.25, 0.3) is 0 Å². The molecule has 4 nitrogen and oxygen atoms in total. The van der Waals surface area contributed by atoms with E-state index in [1.807, 2.05) is 0 Å². The van der Waals surface area contributed by atoms with Crippen LogP contribution in [0.2, 0.25) is 0 Å². The minimum Gasteiger partial charge on any atom is -0.459 e. The Morgan fingerprint density at radius 2 is 2.41 bits per heavy atom. The first kappa shape index (κ1) is 12.4. The number of esters is 1. The number of anilines is 1. The molecule has 0 bridgehead atoms. The van der Waals surface area contributed by atoms with Crippen molar-refractivity contribution in [2.75, 3.05) is 18.9 Å². The fourth-order valence-corrected chi connectivity index (χ4v) is 2.09. The van der Waals surface area contributed by atoms with Gasteiger partial charge < -0.3 is 15.2 Å². The number of ether oxygens (including phenoxy) is 2. The summed E-state index contributed by atoms with van der Waals surface area (Å²) in [5, 5.41) is 0. The number of hydrogen-bond acceptors (Lipinski definition) is 4. The van der Waals surface area contributed by atoms with E-state index in [1.165, 1.54) is 0 Å². The molecule has 0 spiro atoms. The first-order valence-electron chi connectivity index (χ1n) is 5.50. The van der Waals surface area contributed by atoms with Gasteiger partial charge in [-0.05, 0) is 31.0 Å². The lowest BCUT2D eigenvalue weighted by Crippen LogP contribution is -2.18. The summed E-state index contributed by atoms with van der Waals surface area (Å²) in [4.78, 5) is 11.8. The van der Waals surface area contributed by atoms with Crippen molar-refractivity contribution in [3.05, 3.63) is 28.2 Å². The molecule has 1 aromatic carbocycles. The van der Waals surface area contributed by atoms with Crippen LogP contribution in [0.15, 0.2) is 22.7 Å². The van der Waals surface area contributed by atoms with Crippen LogP contribution in [0.4, 0.5) is 5.69 Å². The molecule has 0 aromatic heterocycles. The lowest BCUT2D eigenvalue weighted by molar-refractivity contribution is 0.0162. The molecule has 2 rings (SSSR count). The molecule has 1 aromatic rings. The Labute approximate surface area is 108 Å². The Kier molecular flexibility index (Phi) is 4.02. The monoisotopic (exact) mass is 299 g/mol. The minimum absolute atomic E-state index is 0.0346. The highest BCUT2D eigenvalue weighted by Gasteiger charge is 2.19. The van der Waals surface area contributed by atoms with E-state index in [9.17, 15) is 4.79 Å². The summed E-state index contributed by atoms with van der Waals surface area (Å²) in [7, 11) is 0. The van der Waals surface area contributed by atoms with Crippen molar-refractivity contribution in [3.63, 3.8) is 0 Å². The SMILES string of the molecule is Nc1ccc(Br)cc1C(=O)OCC1CCCO1. The van der Waals surface area contributed by atoms with Gasteiger partial charge in [-0.3, -0.25) is 0 Å². The molecule has 5 heteroatoms. The van der Waals surface area contributed by atoms with Gasteiger partial charge in [-0.2, -0.15) is 0 Å². The van der Waals surface area contributed by atoms with Gasteiger partial charge in [0.1, 0.15) is 6.61 Å². The third-order valence-corrected chi connectivity index (χ3v) is 3.15. The molecule has 2 N–H and O–H groups in total. The van der Waals surface area contributed by atoms with Crippen LogP contribution in [-0.4, -0.2) is 25.3 Å². The number of halogens is 1. The molecule has 0 radical (unpaired) electrons. The van der Waals surface area contributed by atoms with Crippen molar-refractivity contribution in [1.29, 1.82) is 0 Å². The molecule has 0 amide bonds. The molecule has 92 valence electrons. The Balaban J connectivity index is 1.96. The average Bonchev–Trinajstić information content (AvgIpc) is 2.82. The van der Waals surface area contributed by atoms with Gasteiger partial charge in [0, 0.05) is 16.8 Å². The van der Waals surface area contributed by atoms with Gasteiger partial charge >= 0.3 is 5.97 Å². The normalized spacial score (nSPS) is 19.2. The molecule has 1 fully saturated rings. The smallest absolute Gasteiger partial charge is 0.340 e. The van der Waals surface area contributed by atoms with Gasteiger partial charge in [0.05, 0.1) is 11.7 Å². The summed E-state index contributed by atoms with van der Waals surface area (Å²) >= 11 is 3.29. The van der Waals surface area contributed by atoms with E-state index in [0.29, 0.717) is 17.9 Å². The Morgan fingerprint density at radius 1 is 1.59 bits per heavy atom. The van der Waals surface area contributed by atoms with Crippen LogP contribution in [0.3, 0.4) is 0 Å². The third-order valence-electron chi connectivity index (χ3n) is 2.66. The van der Waals surface area contributed by atoms with E-state index in [-0.39, 0.29) is 6.10 Å². The molecule has 0 aliphatic carbocycles. The second-order valence-electron chi connectivity index (χ2n) is 3.97. The highest BCUT2D eigenvalue weighted by molar-refractivity contribution is 9.10. The molecule has 1 atom stereocenters. The lowest BCUT2D eigenvalue weighted by Gasteiger charge is -2.11. The second-order valence-corrected chi connectivity index (χ2v) is 4.88. The second kappa shape index (κ2) is 5.51. The molecule has 1 saturated heterocycles. The molecular weight excluding hydrogens is 286 g/mol. The van der Waals surface area contributed by atoms with E-state index in [2.05, 4.69) is 15.9 Å². The van der Waals surface area contributed by atoms with Crippen LogP contribution >= 0.6 is 15.9 Å². The number of carbonyl (C=O) groups excluding carboxylic acids is 1. The largest absolute Gasteiger partial charge is 0.459 e. The highest BCUT2D eigenvalue weighted by Crippen LogP contribution is 2.20. The Bertz CT molecular complexity index is 416. The maximum atomic E-state index is 11.8. The number of carbonyl (C=O) groups is 1. The van der Waals surface area contributed by atoms with E-state index >= 15 is 0 Å². The maximum Gasteiger partial charge on any atom is 0.340 e. The molecule has 1 unspecified atom stereocenters. The van der Waals surface area contributed by atoms with Crippen LogP contribution in [0.1, 0.15) is 23.2 Å². The predicted octanol–water partition coefficient (Wildman–Crippen LogP) is 2.37. The van der Waals surface area contributed by atoms with Crippen molar-refractivity contribution in [2.45, 2.75) is 18.9 Å². The van der Waals surface area contributed by atoms with Crippen LogP contribution in [-0.2, 0) is 9.47 Å². The maximum absolute atomic E-state index is 11.8. The molecule has 1 heterocycles. The number of benzene rings is 1. The van der Waals surface area contributed by atoms with Crippen LogP contribution < -0.4 is 5.73 Å². The van der Waals surface area contributed by atoms with E-state index in [1.54, 1.807) is 18.2 Å². The molecular formula is C12H14BrNO3. The third kappa shape index (κ3) is 3.20. The van der Waals surface area contributed by atoms with Gasteiger partial charge in [0.25, 0.3) is 0 Å². The molecule has 1 aliphatic heterocycles. The Hall–Kier alpha value is -1.07. The van der Waals surface area contributed by atoms with Crippen molar-refractivity contribution in [3.8, 4) is 0 Å². The van der Waals surface area contributed by atoms with Gasteiger partial charge in [0.2, 0.25) is 0 Å². The highest BCUT2D eigenvalue weighted by atomic mass is 79.9. The summed E-state index contributed by atoms with van der Waals surface area (Å²) in [6.07, 6.45) is 2.01. The average molecular weight is 300 g/mol. The van der Waals surface area contributed by atoms with Gasteiger partial charge in [0.15, 0.2) is 0 Å². The summed E-state index contributed by atoms with van der Waals surface area (Å²) in [5.41, 5.74) is 6.53. The number of nitrogen functional groups attached to an aromatic ring is 1. The Morgan fingerprint density at radius 3 is 3.12 bits per heavy atom. The molecule has 1 aliphatic rings. The number of nitrogens with two attached hydrogens (primary N) is 1. The summed E-state index contributed by atoms with van der Waals surface area (Å²) in [6, 6.07) is 5.12. The van der Waals surface area contributed by atoms with Gasteiger partial charge in [-0.25, -0.2) is 4.79 Å². The molecule has 17 heavy (non-hydrogen) atoms. The topological polar surface area (TPSA) is 61.6 Å². The minimum atomic E-state index is -0.403. The first-order chi connectivity index (χ1) is 8.16. The quantitative estimate of drug-likeness (QED) is 0.687.